The monoisotopic (exact) mass is 447 g/mol. The third-order valence-corrected chi connectivity index (χ3v) is 8.20. The highest BCUT2D eigenvalue weighted by molar-refractivity contribution is 7.89. The van der Waals surface area contributed by atoms with Crippen molar-refractivity contribution in [2.45, 2.75) is 37.6 Å². The lowest BCUT2D eigenvalue weighted by Gasteiger charge is -2.34. The summed E-state index contributed by atoms with van der Waals surface area (Å²) in [5.74, 6) is -0.0803. The van der Waals surface area contributed by atoms with Crippen LogP contribution in [0.5, 0.6) is 0 Å². The van der Waals surface area contributed by atoms with Crippen molar-refractivity contribution in [2.75, 3.05) is 50.0 Å². The zero-order valence-corrected chi connectivity index (χ0v) is 19.0. The molecule has 0 bridgehead atoms. The van der Waals surface area contributed by atoms with Crippen molar-refractivity contribution in [3.05, 3.63) is 35.7 Å². The molecule has 31 heavy (non-hydrogen) atoms. The third kappa shape index (κ3) is 4.32. The van der Waals surface area contributed by atoms with Crippen LogP contribution >= 0.6 is 0 Å². The second kappa shape index (κ2) is 8.60. The summed E-state index contributed by atoms with van der Waals surface area (Å²) in [6, 6.07) is 6.97. The number of anilines is 2. The molecule has 1 aromatic heterocycles. The second-order valence-electron chi connectivity index (χ2n) is 8.25. The van der Waals surface area contributed by atoms with Gasteiger partial charge in [-0.1, -0.05) is 5.16 Å². The van der Waals surface area contributed by atoms with E-state index in [4.69, 9.17) is 4.52 Å². The Balaban J connectivity index is 1.45. The molecule has 0 spiro atoms. The zero-order valence-electron chi connectivity index (χ0n) is 18.2. The van der Waals surface area contributed by atoms with Gasteiger partial charge in [-0.25, -0.2) is 8.42 Å². The first-order valence-corrected chi connectivity index (χ1v) is 12.0. The molecule has 0 aliphatic carbocycles. The van der Waals surface area contributed by atoms with E-state index in [9.17, 15) is 13.2 Å². The van der Waals surface area contributed by atoms with Gasteiger partial charge in [-0.05, 0) is 58.0 Å². The second-order valence-corrected chi connectivity index (χ2v) is 10.1. The van der Waals surface area contributed by atoms with Crippen molar-refractivity contribution >= 4 is 27.3 Å². The van der Waals surface area contributed by atoms with Crippen molar-refractivity contribution in [1.82, 2.24) is 14.4 Å². The number of hydrogen-bond donors (Lipinski definition) is 1. The van der Waals surface area contributed by atoms with Crippen LogP contribution in [-0.4, -0.2) is 74.5 Å². The molecule has 1 atom stereocenters. The molecule has 0 saturated carbocycles. The molecule has 2 fully saturated rings. The highest BCUT2D eigenvalue weighted by Gasteiger charge is 2.41. The topological polar surface area (TPSA) is 99.0 Å². The first-order valence-electron chi connectivity index (χ1n) is 10.6. The van der Waals surface area contributed by atoms with Gasteiger partial charge in [-0.15, -0.1) is 0 Å². The van der Waals surface area contributed by atoms with E-state index in [0.717, 1.165) is 31.9 Å². The summed E-state index contributed by atoms with van der Waals surface area (Å²) in [5, 5.41) is 6.64. The molecule has 2 aliphatic rings. The van der Waals surface area contributed by atoms with Gasteiger partial charge < -0.3 is 19.6 Å². The molecular weight excluding hydrogens is 418 g/mol. The fourth-order valence-corrected chi connectivity index (χ4v) is 6.25. The van der Waals surface area contributed by atoms with Gasteiger partial charge in [0.15, 0.2) is 5.76 Å². The number of nitrogens with zero attached hydrogens (tertiary/aromatic N) is 4. The Hall–Kier alpha value is -2.43. The Bertz CT molecular complexity index is 1020. The van der Waals surface area contributed by atoms with Crippen molar-refractivity contribution in [2.24, 2.45) is 0 Å². The maximum atomic E-state index is 13.2. The van der Waals surface area contributed by atoms with Crippen LogP contribution in [0.4, 0.5) is 11.4 Å². The maximum absolute atomic E-state index is 13.2. The predicted molar refractivity (Wildman–Crippen MR) is 118 cm³/mol. The molecule has 3 heterocycles. The van der Waals surface area contributed by atoms with E-state index in [-0.39, 0.29) is 16.6 Å². The number of sulfonamides is 1. The summed E-state index contributed by atoms with van der Waals surface area (Å²) in [5.41, 5.74) is 2.09. The highest BCUT2D eigenvalue weighted by Crippen LogP contribution is 2.30. The largest absolute Gasteiger partial charge is 0.369 e. The minimum Gasteiger partial charge on any atom is -0.369 e. The number of benzene rings is 1. The van der Waals surface area contributed by atoms with Gasteiger partial charge in [0, 0.05) is 44.1 Å². The lowest BCUT2D eigenvalue weighted by molar-refractivity contribution is -0.119. The van der Waals surface area contributed by atoms with Crippen molar-refractivity contribution in [1.29, 1.82) is 0 Å². The minimum atomic E-state index is -3.86. The number of hydrogen-bond acceptors (Lipinski definition) is 7. The number of amides is 1. The van der Waals surface area contributed by atoms with Gasteiger partial charge in [0.2, 0.25) is 15.9 Å². The van der Waals surface area contributed by atoms with Crippen LogP contribution < -0.4 is 10.2 Å². The van der Waals surface area contributed by atoms with Gasteiger partial charge in [0.1, 0.15) is 16.6 Å². The normalized spacial score (nSPS) is 20.9. The van der Waals surface area contributed by atoms with Crippen molar-refractivity contribution in [3.63, 3.8) is 0 Å². The average molecular weight is 448 g/mol. The predicted octanol–water partition coefficient (Wildman–Crippen LogP) is 1.84. The van der Waals surface area contributed by atoms with Gasteiger partial charge in [-0.2, -0.15) is 4.31 Å². The maximum Gasteiger partial charge on any atom is 0.249 e. The van der Waals surface area contributed by atoms with E-state index in [1.807, 2.05) is 24.3 Å². The Morgan fingerprint density at radius 3 is 2.39 bits per heavy atom. The number of aromatic nitrogens is 1. The third-order valence-electron chi connectivity index (χ3n) is 6.04. The van der Waals surface area contributed by atoms with Crippen LogP contribution in [0, 0.1) is 13.8 Å². The molecule has 0 unspecified atom stereocenters. The Morgan fingerprint density at radius 2 is 1.77 bits per heavy atom. The molecule has 1 aromatic carbocycles. The van der Waals surface area contributed by atoms with E-state index < -0.39 is 16.1 Å². The SMILES string of the molecule is Cc1noc(C)c1S(=O)(=O)N1CCC[C@@H]1C(=O)Nc1ccc(N2CCN(C)CC2)cc1. The highest BCUT2D eigenvalue weighted by atomic mass is 32.2. The summed E-state index contributed by atoms with van der Waals surface area (Å²) in [6.45, 7) is 7.45. The molecule has 10 heteroatoms. The van der Waals surface area contributed by atoms with Gasteiger partial charge in [0.05, 0.1) is 0 Å². The standard InChI is InChI=1S/C21H29N5O4S/c1-15-20(16(2)30-23-15)31(28,29)26-10-4-5-19(26)21(27)22-17-6-8-18(9-7-17)25-13-11-24(3)12-14-25/h6-9,19H,4-5,10-14H2,1-3H3,(H,22,27)/t19-/m1/s1. The lowest BCUT2D eigenvalue weighted by atomic mass is 10.2. The lowest BCUT2D eigenvalue weighted by Crippen LogP contribution is -2.44. The first kappa shape index (κ1) is 21.8. The number of carbonyl (C=O) groups excluding carboxylic acids is 1. The fourth-order valence-electron chi connectivity index (χ4n) is 4.30. The summed E-state index contributed by atoms with van der Waals surface area (Å²) in [6.07, 6.45) is 1.11. The number of carbonyl (C=O) groups is 1. The smallest absolute Gasteiger partial charge is 0.249 e. The van der Waals surface area contributed by atoms with Crippen LogP contribution in [0.3, 0.4) is 0 Å². The molecule has 1 N–H and O–H groups in total. The van der Waals surface area contributed by atoms with E-state index in [2.05, 4.69) is 27.3 Å². The molecule has 2 aromatic rings. The van der Waals surface area contributed by atoms with Gasteiger partial charge >= 0.3 is 0 Å². The van der Waals surface area contributed by atoms with Crippen LogP contribution in [-0.2, 0) is 14.8 Å². The van der Waals surface area contributed by atoms with Crippen molar-refractivity contribution < 1.29 is 17.7 Å². The van der Waals surface area contributed by atoms with Crippen LogP contribution in [0.25, 0.3) is 0 Å². The molecule has 168 valence electrons. The number of aryl methyl sites for hydroxylation is 2. The molecule has 2 saturated heterocycles. The Labute approximate surface area is 183 Å². The average Bonchev–Trinajstić information content (AvgIpc) is 3.37. The van der Waals surface area contributed by atoms with Gasteiger partial charge in [0.25, 0.3) is 0 Å². The number of piperazine rings is 1. The summed E-state index contributed by atoms with van der Waals surface area (Å²) < 4.78 is 32.7. The number of nitrogens with one attached hydrogen (secondary N) is 1. The number of rotatable bonds is 5. The Kier molecular flexibility index (Phi) is 6.05. The van der Waals surface area contributed by atoms with Gasteiger partial charge in [-0.3, -0.25) is 4.79 Å². The van der Waals surface area contributed by atoms with E-state index in [1.54, 1.807) is 13.8 Å². The fraction of sp³-hybridized carbons (Fsp3) is 0.524. The minimum absolute atomic E-state index is 0.0590. The molecule has 4 rings (SSSR count). The Morgan fingerprint density at radius 1 is 1.10 bits per heavy atom. The molecule has 9 nitrogen and oxygen atoms in total. The summed E-state index contributed by atoms with van der Waals surface area (Å²) >= 11 is 0. The van der Waals surface area contributed by atoms with Crippen LogP contribution in [0.1, 0.15) is 24.3 Å². The first-order chi connectivity index (χ1) is 14.8. The van der Waals surface area contributed by atoms with E-state index in [0.29, 0.717) is 30.8 Å². The molecule has 1 amide bonds. The van der Waals surface area contributed by atoms with E-state index in [1.165, 1.54) is 4.31 Å². The van der Waals surface area contributed by atoms with Crippen molar-refractivity contribution in [3.8, 4) is 0 Å². The summed E-state index contributed by atoms with van der Waals surface area (Å²) in [7, 11) is -1.74. The molecular formula is C21H29N5O4S. The summed E-state index contributed by atoms with van der Waals surface area (Å²) in [4.78, 5) is 17.6. The number of likely N-dealkylation sites (N-methyl/N-ethyl adjacent to an activating group) is 1. The molecule has 0 radical (unpaired) electrons. The van der Waals surface area contributed by atoms with Crippen LogP contribution in [0.15, 0.2) is 33.7 Å². The molecule has 2 aliphatic heterocycles. The van der Waals surface area contributed by atoms with Crippen LogP contribution in [0.2, 0.25) is 0 Å². The zero-order chi connectivity index (χ0) is 22.2. The quantitative estimate of drug-likeness (QED) is 0.747. The van der Waals surface area contributed by atoms with E-state index >= 15 is 0 Å².